The normalized spacial score (nSPS) is 11.7. The summed E-state index contributed by atoms with van der Waals surface area (Å²) in [4.78, 5) is 15.7. The predicted octanol–water partition coefficient (Wildman–Crippen LogP) is 2.54. The van der Waals surface area contributed by atoms with Crippen molar-refractivity contribution < 1.29 is 14.3 Å². The lowest BCUT2D eigenvalue weighted by Crippen LogP contribution is -2.34. The number of alkyl carbamates (subject to hydrolysis) is 1. The Morgan fingerprint density at radius 2 is 2.09 bits per heavy atom. The van der Waals surface area contributed by atoms with Crippen molar-refractivity contribution in [2.75, 3.05) is 32.0 Å². The van der Waals surface area contributed by atoms with Crippen LogP contribution in [0.15, 0.2) is 23.2 Å². The quantitative estimate of drug-likeness (QED) is 0.459. The Morgan fingerprint density at radius 3 is 2.74 bits per heavy atom. The van der Waals surface area contributed by atoms with Gasteiger partial charge in [0.05, 0.1) is 19.8 Å². The van der Waals surface area contributed by atoms with Crippen LogP contribution in [0.3, 0.4) is 0 Å². The number of ether oxygens (including phenoxy) is 2. The SMILES string of the molecule is Cc1cccc(N)c1C=NCCOCCNC(=O)OC(C)(C)C. The Hall–Kier alpha value is -2.08. The first kappa shape index (κ1) is 19.0. The molecule has 0 aromatic heterocycles. The maximum absolute atomic E-state index is 11.4. The van der Waals surface area contributed by atoms with Crippen LogP contribution in [-0.4, -0.2) is 44.2 Å². The van der Waals surface area contributed by atoms with Crippen molar-refractivity contribution in [1.29, 1.82) is 0 Å². The molecule has 6 heteroatoms. The van der Waals surface area contributed by atoms with Crippen molar-refractivity contribution in [1.82, 2.24) is 5.32 Å². The number of nitrogen functional groups attached to an aromatic ring is 1. The Labute approximate surface area is 138 Å². The second kappa shape index (κ2) is 9.15. The summed E-state index contributed by atoms with van der Waals surface area (Å²) in [6.07, 6.45) is 1.33. The summed E-state index contributed by atoms with van der Waals surface area (Å²) in [5.41, 5.74) is 8.17. The molecule has 23 heavy (non-hydrogen) atoms. The van der Waals surface area contributed by atoms with Gasteiger partial charge in [-0.1, -0.05) is 12.1 Å². The van der Waals surface area contributed by atoms with E-state index in [1.165, 1.54) is 0 Å². The van der Waals surface area contributed by atoms with Crippen molar-refractivity contribution >= 4 is 18.0 Å². The number of aryl methyl sites for hydroxylation is 1. The average Bonchev–Trinajstić information content (AvgIpc) is 2.42. The number of hydrogen-bond donors (Lipinski definition) is 2. The van der Waals surface area contributed by atoms with Crippen LogP contribution in [0.2, 0.25) is 0 Å². The fourth-order valence-electron chi connectivity index (χ4n) is 1.79. The Kier molecular flexibility index (Phi) is 7.54. The molecule has 3 N–H and O–H groups in total. The molecule has 0 fully saturated rings. The summed E-state index contributed by atoms with van der Waals surface area (Å²) in [7, 11) is 0. The van der Waals surface area contributed by atoms with E-state index in [4.69, 9.17) is 15.2 Å². The van der Waals surface area contributed by atoms with Crippen molar-refractivity contribution in [2.24, 2.45) is 4.99 Å². The molecule has 0 aliphatic heterocycles. The molecule has 1 rings (SSSR count). The molecule has 0 saturated carbocycles. The van der Waals surface area contributed by atoms with Crippen LogP contribution in [0.25, 0.3) is 0 Å². The van der Waals surface area contributed by atoms with E-state index < -0.39 is 11.7 Å². The smallest absolute Gasteiger partial charge is 0.407 e. The van der Waals surface area contributed by atoms with Gasteiger partial charge < -0.3 is 20.5 Å². The number of nitrogens with zero attached hydrogens (tertiary/aromatic N) is 1. The summed E-state index contributed by atoms with van der Waals surface area (Å²) in [6.45, 7) is 9.31. The Balaban J connectivity index is 2.14. The number of anilines is 1. The lowest BCUT2D eigenvalue weighted by Gasteiger charge is -2.19. The number of nitrogens with two attached hydrogens (primary N) is 1. The molecule has 1 aromatic carbocycles. The van der Waals surface area contributed by atoms with Crippen LogP contribution in [0.4, 0.5) is 10.5 Å². The lowest BCUT2D eigenvalue weighted by molar-refractivity contribution is 0.0501. The molecule has 0 radical (unpaired) electrons. The predicted molar refractivity (Wildman–Crippen MR) is 93.1 cm³/mol. The molecule has 0 spiro atoms. The third-order valence-electron chi connectivity index (χ3n) is 2.86. The number of nitrogens with one attached hydrogen (secondary N) is 1. The highest BCUT2D eigenvalue weighted by Crippen LogP contribution is 2.13. The summed E-state index contributed by atoms with van der Waals surface area (Å²) in [6, 6.07) is 5.77. The topological polar surface area (TPSA) is 85.9 Å². The molecule has 0 saturated heterocycles. The van der Waals surface area contributed by atoms with Crippen molar-refractivity contribution in [2.45, 2.75) is 33.3 Å². The third kappa shape index (κ3) is 8.21. The van der Waals surface area contributed by atoms with Crippen LogP contribution in [-0.2, 0) is 9.47 Å². The van der Waals surface area contributed by atoms with Crippen molar-refractivity contribution in [3.05, 3.63) is 29.3 Å². The lowest BCUT2D eigenvalue weighted by atomic mass is 10.1. The van der Waals surface area contributed by atoms with Gasteiger partial charge in [-0.3, -0.25) is 4.99 Å². The van der Waals surface area contributed by atoms with Crippen LogP contribution in [0.5, 0.6) is 0 Å². The fraction of sp³-hybridized carbons (Fsp3) is 0.529. The molecule has 1 aromatic rings. The number of hydrogen-bond acceptors (Lipinski definition) is 5. The van der Waals surface area contributed by atoms with Crippen LogP contribution in [0, 0.1) is 6.92 Å². The zero-order valence-corrected chi connectivity index (χ0v) is 14.4. The van der Waals surface area contributed by atoms with E-state index >= 15 is 0 Å². The second-order valence-corrected chi connectivity index (χ2v) is 6.15. The zero-order chi connectivity index (χ0) is 17.3. The van der Waals surface area contributed by atoms with Crippen LogP contribution in [0.1, 0.15) is 31.9 Å². The van der Waals surface area contributed by atoms with E-state index in [2.05, 4.69) is 10.3 Å². The van der Waals surface area contributed by atoms with Crippen LogP contribution < -0.4 is 11.1 Å². The molecule has 0 atom stereocenters. The Morgan fingerprint density at radius 1 is 1.35 bits per heavy atom. The van der Waals surface area contributed by atoms with Gasteiger partial charge in [0, 0.05) is 24.0 Å². The molecule has 128 valence electrons. The highest BCUT2D eigenvalue weighted by Gasteiger charge is 2.15. The number of rotatable bonds is 7. The molecule has 0 aliphatic carbocycles. The van der Waals surface area contributed by atoms with Gasteiger partial charge in [0.2, 0.25) is 0 Å². The molecule has 6 nitrogen and oxygen atoms in total. The number of aliphatic imine (C=N–C) groups is 1. The highest BCUT2D eigenvalue weighted by molar-refractivity contribution is 5.88. The molecule has 0 heterocycles. The molecule has 0 bridgehead atoms. The molecular formula is C17H27N3O3. The largest absolute Gasteiger partial charge is 0.444 e. The second-order valence-electron chi connectivity index (χ2n) is 6.15. The van der Waals surface area contributed by atoms with E-state index in [0.29, 0.717) is 26.3 Å². The standard InChI is InChI=1S/C17H27N3O3/c1-13-6-5-7-15(18)14(13)12-19-8-10-22-11-9-20-16(21)23-17(2,3)4/h5-7,12H,8-11,18H2,1-4H3,(H,20,21). The molecule has 0 aliphatic rings. The fourth-order valence-corrected chi connectivity index (χ4v) is 1.79. The van der Waals surface area contributed by atoms with Gasteiger partial charge in [-0.25, -0.2) is 4.79 Å². The summed E-state index contributed by atoms with van der Waals surface area (Å²) in [5, 5.41) is 2.63. The highest BCUT2D eigenvalue weighted by atomic mass is 16.6. The first-order chi connectivity index (χ1) is 10.8. The first-order valence-corrected chi connectivity index (χ1v) is 7.69. The minimum absolute atomic E-state index is 0.406. The van der Waals surface area contributed by atoms with E-state index in [1.54, 1.807) is 6.21 Å². The van der Waals surface area contributed by atoms with E-state index in [9.17, 15) is 4.79 Å². The summed E-state index contributed by atoms with van der Waals surface area (Å²) >= 11 is 0. The van der Waals surface area contributed by atoms with Crippen molar-refractivity contribution in [3.63, 3.8) is 0 Å². The molecular weight excluding hydrogens is 294 g/mol. The minimum atomic E-state index is -0.489. The van der Waals surface area contributed by atoms with E-state index in [1.807, 2.05) is 45.9 Å². The van der Waals surface area contributed by atoms with Gasteiger partial charge >= 0.3 is 6.09 Å². The first-order valence-electron chi connectivity index (χ1n) is 7.69. The number of carbonyl (C=O) groups excluding carboxylic acids is 1. The average molecular weight is 321 g/mol. The summed E-state index contributed by atoms with van der Waals surface area (Å²) < 4.78 is 10.5. The van der Waals surface area contributed by atoms with Crippen LogP contribution >= 0.6 is 0 Å². The summed E-state index contributed by atoms with van der Waals surface area (Å²) in [5.74, 6) is 0. The Bertz CT molecular complexity index is 516. The molecule has 1 amide bonds. The van der Waals surface area contributed by atoms with Gasteiger partial charge in [0.25, 0.3) is 0 Å². The van der Waals surface area contributed by atoms with E-state index in [0.717, 1.165) is 16.8 Å². The molecule has 0 unspecified atom stereocenters. The van der Waals surface area contributed by atoms with Gasteiger partial charge in [0.15, 0.2) is 0 Å². The number of carbonyl (C=O) groups is 1. The van der Waals surface area contributed by atoms with Gasteiger partial charge in [-0.2, -0.15) is 0 Å². The minimum Gasteiger partial charge on any atom is -0.444 e. The maximum Gasteiger partial charge on any atom is 0.407 e. The van der Waals surface area contributed by atoms with E-state index in [-0.39, 0.29) is 0 Å². The van der Waals surface area contributed by atoms with Gasteiger partial charge in [-0.05, 0) is 39.3 Å². The van der Waals surface area contributed by atoms with Gasteiger partial charge in [0.1, 0.15) is 5.60 Å². The van der Waals surface area contributed by atoms with Crippen molar-refractivity contribution in [3.8, 4) is 0 Å². The number of benzene rings is 1. The van der Waals surface area contributed by atoms with Gasteiger partial charge in [-0.15, -0.1) is 0 Å². The number of amides is 1. The maximum atomic E-state index is 11.4. The zero-order valence-electron chi connectivity index (χ0n) is 14.4. The third-order valence-corrected chi connectivity index (χ3v) is 2.86. The monoisotopic (exact) mass is 321 g/mol.